The van der Waals surface area contributed by atoms with Crippen LogP contribution in [-0.4, -0.2) is 31.6 Å². The van der Waals surface area contributed by atoms with Gasteiger partial charge in [0.1, 0.15) is 11.9 Å². The van der Waals surface area contributed by atoms with E-state index in [0.29, 0.717) is 12.8 Å². The number of unbranched alkanes of at least 4 members (excludes halogenated alkanes) is 7. The number of hydrogen-bond donors (Lipinski definition) is 1. The summed E-state index contributed by atoms with van der Waals surface area (Å²) in [5, 5.41) is 0. The molecule has 0 saturated carbocycles. The van der Waals surface area contributed by atoms with E-state index in [-0.39, 0.29) is 33.4 Å². The van der Waals surface area contributed by atoms with Crippen molar-refractivity contribution in [1.82, 2.24) is 0 Å². The zero-order valence-corrected chi connectivity index (χ0v) is 12.6. The van der Waals surface area contributed by atoms with Crippen LogP contribution in [0.3, 0.4) is 0 Å². The molecule has 0 radical (unpaired) electrons. The molecule has 112 valence electrons. The van der Waals surface area contributed by atoms with Gasteiger partial charge in [0.25, 0.3) is 10.1 Å². The molecular weight excluding hydrogens is 269 g/mol. The van der Waals surface area contributed by atoms with Gasteiger partial charge in [-0.1, -0.05) is 44.9 Å². The summed E-state index contributed by atoms with van der Waals surface area (Å²) in [4.78, 5) is 0. The Labute approximate surface area is 128 Å². The summed E-state index contributed by atoms with van der Waals surface area (Å²) < 4.78 is 54.0. The second-order valence-electron chi connectivity index (χ2n) is 4.65. The van der Waals surface area contributed by atoms with Crippen LogP contribution in [0, 0.1) is 0 Å². The first-order valence-electron chi connectivity index (χ1n) is 6.61. The fraction of sp³-hybridized carbons (Fsp3) is 1.00. The quantitative estimate of drug-likeness (QED) is 0.329. The Hall–Kier alpha value is 0.367. The van der Waals surface area contributed by atoms with Crippen LogP contribution < -0.4 is 18.9 Å². The second-order valence-corrected chi connectivity index (χ2v) is 6.15. The third kappa shape index (κ3) is 18.4. The van der Waals surface area contributed by atoms with E-state index in [2.05, 4.69) is 0 Å². The minimum absolute atomic E-state index is 0. The third-order valence-corrected chi connectivity index (χ3v) is 3.58. The van der Waals surface area contributed by atoms with Gasteiger partial charge in [-0.25, -0.2) is 4.39 Å². The second kappa shape index (κ2) is 13.4. The molecule has 0 spiro atoms. The number of rotatable bonds is 12. The van der Waals surface area contributed by atoms with Gasteiger partial charge in [-0.05, 0) is 12.8 Å². The van der Waals surface area contributed by atoms with Gasteiger partial charge in [-0.15, -0.1) is 0 Å². The van der Waals surface area contributed by atoms with Gasteiger partial charge < -0.3 is 1.43 Å². The van der Waals surface area contributed by atoms with E-state index in [1.807, 2.05) is 0 Å². The van der Waals surface area contributed by atoms with Gasteiger partial charge in [0.15, 0.2) is 0 Å². The smallest absolute Gasteiger partial charge is 1.00 e. The summed E-state index contributed by atoms with van der Waals surface area (Å²) in [6, 6.07) is 0. The molecule has 1 N–H and O–H groups in total. The molecule has 0 aliphatic carbocycles. The Morgan fingerprint density at radius 1 is 0.947 bits per heavy atom. The summed E-state index contributed by atoms with van der Waals surface area (Å²) in [6.45, 7) is -0.244. The summed E-state index contributed by atoms with van der Waals surface area (Å²) in [5.74, 6) is -0.795. The van der Waals surface area contributed by atoms with Crippen LogP contribution in [0.4, 0.5) is 8.78 Å². The molecule has 0 heterocycles. The molecule has 0 aromatic rings. The molecule has 0 aliphatic heterocycles. The molecule has 0 aliphatic rings. The molecule has 1 unspecified atom stereocenters. The number of hydrogen-bond acceptors (Lipinski definition) is 2. The van der Waals surface area contributed by atoms with E-state index in [0.717, 1.165) is 38.5 Å². The topological polar surface area (TPSA) is 54.4 Å². The Bertz CT molecular complexity index is 292. The average Bonchev–Trinajstić information content (AvgIpc) is 2.24. The Balaban J connectivity index is -0.00000144. The Kier molecular flexibility index (Phi) is 15.2. The Morgan fingerprint density at radius 2 is 1.37 bits per heavy atom. The SMILES string of the molecule is O=S(=O)(O)CC(F)CCCCCCCCCCF.[H-].[Li+]. The summed E-state index contributed by atoms with van der Waals surface area (Å²) in [5.41, 5.74) is 0. The van der Waals surface area contributed by atoms with Gasteiger partial charge in [0, 0.05) is 0 Å². The van der Waals surface area contributed by atoms with Crippen molar-refractivity contribution in [2.45, 2.75) is 64.0 Å². The predicted octanol–water partition coefficient (Wildman–Crippen LogP) is 0.809. The minimum Gasteiger partial charge on any atom is -1.00 e. The molecule has 7 heteroatoms. The summed E-state index contributed by atoms with van der Waals surface area (Å²) in [6.07, 6.45) is 5.96. The summed E-state index contributed by atoms with van der Waals surface area (Å²) >= 11 is 0. The molecule has 0 bridgehead atoms. The van der Waals surface area contributed by atoms with Crippen molar-refractivity contribution in [2.75, 3.05) is 12.4 Å². The molecule has 1 atom stereocenters. The van der Waals surface area contributed by atoms with Crippen molar-refractivity contribution in [3.05, 3.63) is 0 Å². The van der Waals surface area contributed by atoms with Gasteiger partial charge in [0.2, 0.25) is 0 Å². The normalized spacial score (nSPS) is 13.0. The van der Waals surface area contributed by atoms with E-state index in [1.54, 1.807) is 0 Å². The van der Waals surface area contributed by atoms with Crippen molar-refractivity contribution < 1.29 is 42.0 Å². The maximum absolute atomic E-state index is 13.0. The van der Waals surface area contributed by atoms with E-state index in [1.165, 1.54) is 0 Å². The molecule has 0 saturated heterocycles. The third-order valence-electron chi connectivity index (χ3n) is 2.79. The van der Waals surface area contributed by atoms with E-state index in [4.69, 9.17) is 4.55 Å². The Morgan fingerprint density at radius 3 is 1.79 bits per heavy atom. The van der Waals surface area contributed by atoms with Gasteiger partial charge >= 0.3 is 18.9 Å². The first kappa shape index (κ1) is 21.7. The average molecular weight is 294 g/mol. The van der Waals surface area contributed by atoms with Gasteiger partial charge in [-0.3, -0.25) is 8.94 Å². The molecule has 19 heavy (non-hydrogen) atoms. The van der Waals surface area contributed by atoms with Crippen molar-refractivity contribution in [1.29, 1.82) is 0 Å². The van der Waals surface area contributed by atoms with Crippen molar-refractivity contribution in [2.24, 2.45) is 0 Å². The monoisotopic (exact) mass is 294 g/mol. The van der Waals surface area contributed by atoms with Crippen LogP contribution in [-0.2, 0) is 10.1 Å². The maximum Gasteiger partial charge on any atom is 1.00 e. The van der Waals surface area contributed by atoms with Crippen LogP contribution >= 0.6 is 0 Å². The number of alkyl halides is 2. The van der Waals surface area contributed by atoms with Crippen molar-refractivity contribution >= 4 is 10.1 Å². The predicted molar refractivity (Wildman–Crippen MR) is 70.0 cm³/mol. The van der Waals surface area contributed by atoms with Crippen LogP contribution in [0.2, 0.25) is 0 Å². The first-order valence-corrected chi connectivity index (χ1v) is 8.22. The van der Waals surface area contributed by atoms with Crippen molar-refractivity contribution in [3.63, 3.8) is 0 Å². The fourth-order valence-electron chi connectivity index (χ4n) is 1.83. The molecule has 0 aromatic heterocycles. The molecular formula is C12H25F2LiO3S. The molecule has 0 fully saturated rings. The molecule has 0 amide bonds. The van der Waals surface area contributed by atoms with Gasteiger partial charge in [-0.2, -0.15) is 8.42 Å². The fourth-order valence-corrected chi connectivity index (χ4v) is 2.46. The van der Waals surface area contributed by atoms with E-state index < -0.39 is 22.0 Å². The number of halogens is 2. The van der Waals surface area contributed by atoms with Gasteiger partial charge in [0.05, 0.1) is 6.67 Å². The molecule has 3 nitrogen and oxygen atoms in total. The van der Waals surface area contributed by atoms with E-state index >= 15 is 0 Å². The largest absolute Gasteiger partial charge is 1.00 e. The molecule has 0 aromatic carbocycles. The van der Waals surface area contributed by atoms with Crippen LogP contribution in [0.5, 0.6) is 0 Å². The zero-order chi connectivity index (χ0) is 13.9. The minimum atomic E-state index is -4.19. The van der Waals surface area contributed by atoms with Crippen LogP contribution in [0.1, 0.15) is 59.2 Å². The van der Waals surface area contributed by atoms with Crippen molar-refractivity contribution in [3.8, 4) is 0 Å². The standard InChI is InChI=1S/C12H24F2O3S.Li.H/c13-10-8-6-4-2-1-3-5-7-9-12(14)11-18(15,16)17;;/h12H,1-11H2,(H,15,16,17);;/q;+1;-1. The zero-order valence-electron chi connectivity index (χ0n) is 12.8. The van der Waals surface area contributed by atoms with Crippen LogP contribution in [0.15, 0.2) is 0 Å². The van der Waals surface area contributed by atoms with E-state index in [9.17, 15) is 17.2 Å². The molecule has 0 rings (SSSR count). The van der Waals surface area contributed by atoms with Crippen LogP contribution in [0.25, 0.3) is 0 Å². The first-order chi connectivity index (χ1) is 8.45. The maximum atomic E-state index is 13.0. The summed E-state index contributed by atoms with van der Waals surface area (Å²) in [7, 11) is -4.19.